The first-order chi connectivity index (χ1) is 8.63. The fraction of sp³-hybridized carbons (Fsp3) is 0.462. The van der Waals surface area contributed by atoms with Crippen molar-refractivity contribution in [2.24, 2.45) is 5.73 Å². The fourth-order valence-corrected chi connectivity index (χ4v) is 2.49. The van der Waals surface area contributed by atoms with Crippen LogP contribution in [0, 0.1) is 5.82 Å². The molecule has 0 radical (unpaired) electrons. The number of nitrogens with zero attached hydrogens (tertiary/aromatic N) is 1. The second-order valence-electron chi connectivity index (χ2n) is 4.46. The molecule has 0 bridgehead atoms. The van der Waals surface area contributed by atoms with Crippen LogP contribution in [0.4, 0.5) is 10.1 Å². The van der Waals surface area contributed by atoms with E-state index in [0.29, 0.717) is 6.04 Å². The lowest BCUT2D eigenvalue weighted by Gasteiger charge is -2.30. The van der Waals surface area contributed by atoms with Gasteiger partial charge in [-0.25, -0.2) is 4.39 Å². The number of nitrogens with one attached hydrogen (secondary N) is 1. The summed E-state index contributed by atoms with van der Waals surface area (Å²) in [7, 11) is 0. The minimum atomic E-state index is -0.589. The number of halogens is 1. The van der Waals surface area contributed by atoms with Crippen LogP contribution in [-0.4, -0.2) is 31.6 Å². The molecular weight excluding hydrogens is 233 g/mol. The predicted octanol–water partition coefficient (Wildman–Crippen LogP) is 1.11. The molecule has 4 nitrogen and oxygen atoms in total. The van der Waals surface area contributed by atoms with Crippen LogP contribution in [-0.2, 0) is 0 Å². The van der Waals surface area contributed by atoms with E-state index in [1.165, 1.54) is 12.1 Å². The Morgan fingerprint density at radius 3 is 2.94 bits per heavy atom. The molecule has 1 aliphatic rings. The maximum atomic E-state index is 13.2. The highest BCUT2D eigenvalue weighted by Gasteiger charge is 2.24. The van der Waals surface area contributed by atoms with E-state index < -0.39 is 11.7 Å². The van der Waals surface area contributed by atoms with Gasteiger partial charge >= 0.3 is 0 Å². The van der Waals surface area contributed by atoms with Gasteiger partial charge in [-0.05, 0) is 38.1 Å². The topological polar surface area (TPSA) is 58.4 Å². The van der Waals surface area contributed by atoms with Gasteiger partial charge in [0.1, 0.15) is 5.82 Å². The maximum absolute atomic E-state index is 13.2. The first-order valence-electron chi connectivity index (χ1n) is 6.20. The van der Waals surface area contributed by atoms with Gasteiger partial charge in [-0.1, -0.05) is 0 Å². The molecule has 1 amide bonds. The third-order valence-corrected chi connectivity index (χ3v) is 3.35. The van der Waals surface area contributed by atoms with E-state index in [4.69, 9.17) is 5.73 Å². The van der Waals surface area contributed by atoms with Crippen LogP contribution in [0.25, 0.3) is 0 Å². The monoisotopic (exact) mass is 251 g/mol. The number of carbonyl (C=O) groups excluding carboxylic acids is 1. The Kier molecular flexibility index (Phi) is 3.81. The van der Waals surface area contributed by atoms with E-state index >= 15 is 0 Å². The number of hydrogen-bond acceptors (Lipinski definition) is 3. The van der Waals surface area contributed by atoms with Crippen molar-refractivity contribution < 1.29 is 9.18 Å². The molecule has 5 heteroatoms. The first-order valence-corrected chi connectivity index (χ1v) is 6.20. The first kappa shape index (κ1) is 12.8. The minimum Gasteiger partial charge on any atom is -0.367 e. The van der Waals surface area contributed by atoms with Crippen molar-refractivity contribution in [2.45, 2.75) is 19.4 Å². The van der Waals surface area contributed by atoms with Crippen molar-refractivity contribution in [2.75, 3.05) is 24.5 Å². The zero-order valence-corrected chi connectivity index (χ0v) is 10.4. The molecule has 2 rings (SSSR count). The molecule has 0 saturated carbocycles. The summed E-state index contributed by atoms with van der Waals surface area (Å²) in [6, 6.07) is 4.55. The Labute approximate surface area is 106 Å². The fourth-order valence-electron chi connectivity index (χ4n) is 2.49. The zero-order valence-electron chi connectivity index (χ0n) is 10.4. The van der Waals surface area contributed by atoms with Crippen LogP contribution >= 0.6 is 0 Å². The van der Waals surface area contributed by atoms with Gasteiger partial charge in [0.05, 0.1) is 5.56 Å². The number of amides is 1. The molecule has 1 aliphatic heterocycles. The van der Waals surface area contributed by atoms with Gasteiger partial charge < -0.3 is 16.0 Å². The summed E-state index contributed by atoms with van der Waals surface area (Å²) in [6.07, 6.45) is 1.02. The smallest absolute Gasteiger partial charge is 0.250 e. The lowest BCUT2D eigenvalue weighted by atomic mass is 10.1. The molecule has 1 heterocycles. The number of nitrogens with two attached hydrogens (primary N) is 1. The van der Waals surface area contributed by atoms with Crippen molar-refractivity contribution in [3.05, 3.63) is 29.6 Å². The van der Waals surface area contributed by atoms with E-state index in [9.17, 15) is 9.18 Å². The van der Waals surface area contributed by atoms with Gasteiger partial charge in [0, 0.05) is 24.8 Å². The Bertz CT molecular complexity index is 444. The number of carbonyl (C=O) groups is 1. The number of anilines is 1. The highest BCUT2D eigenvalue weighted by atomic mass is 19.1. The van der Waals surface area contributed by atoms with Crippen molar-refractivity contribution >= 4 is 11.6 Å². The van der Waals surface area contributed by atoms with E-state index in [-0.39, 0.29) is 5.56 Å². The van der Waals surface area contributed by atoms with Crippen LogP contribution in [0.2, 0.25) is 0 Å². The highest BCUT2D eigenvalue weighted by molar-refractivity contribution is 5.98. The summed E-state index contributed by atoms with van der Waals surface area (Å²) >= 11 is 0. The van der Waals surface area contributed by atoms with Crippen LogP contribution in [0.5, 0.6) is 0 Å². The normalized spacial score (nSPS) is 18.9. The predicted molar refractivity (Wildman–Crippen MR) is 69.2 cm³/mol. The second-order valence-corrected chi connectivity index (χ2v) is 4.46. The number of benzene rings is 1. The molecule has 1 aromatic carbocycles. The Morgan fingerprint density at radius 1 is 1.61 bits per heavy atom. The highest BCUT2D eigenvalue weighted by Crippen LogP contribution is 2.25. The summed E-state index contributed by atoms with van der Waals surface area (Å²) in [5, 5.41) is 3.29. The molecule has 1 fully saturated rings. The summed E-state index contributed by atoms with van der Waals surface area (Å²) in [5.74, 6) is -1.03. The zero-order chi connectivity index (χ0) is 13.1. The molecule has 1 unspecified atom stereocenters. The van der Waals surface area contributed by atoms with E-state index in [2.05, 4.69) is 10.2 Å². The molecule has 0 aliphatic carbocycles. The third-order valence-electron chi connectivity index (χ3n) is 3.35. The van der Waals surface area contributed by atoms with E-state index in [0.717, 1.165) is 31.7 Å². The van der Waals surface area contributed by atoms with Crippen LogP contribution < -0.4 is 16.0 Å². The number of hydrogen-bond donors (Lipinski definition) is 2. The SMILES string of the molecule is CCN(c1ccc(F)cc1C(N)=O)C1CCNC1. The van der Waals surface area contributed by atoms with Crippen molar-refractivity contribution in [3.8, 4) is 0 Å². The number of rotatable bonds is 4. The lowest BCUT2D eigenvalue weighted by molar-refractivity contribution is 0.1000. The van der Waals surface area contributed by atoms with Gasteiger partial charge in [-0.15, -0.1) is 0 Å². The average Bonchev–Trinajstić information content (AvgIpc) is 2.85. The molecule has 0 spiro atoms. The van der Waals surface area contributed by atoms with Crippen molar-refractivity contribution in [1.82, 2.24) is 5.32 Å². The van der Waals surface area contributed by atoms with Gasteiger partial charge in [-0.2, -0.15) is 0 Å². The molecular formula is C13H18FN3O. The number of likely N-dealkylation sites (N-methyl/N-ethyl adjacent to an activating group) is 1. The van der Waals surface area contributed by atoms with E-state index in [1.807, 2.05) is 6.92 Å². The molecule has 98 valence electrons. The number of primary amides is 1. The van der Waals surface area contributed by atoms with Crippen LogP contribution in [0.15, 0.2) is 18.2 Å². The molecule has 3 N–H and O–H groups in total. The van der Waals surface area contributed by atoms with Crippen molar-refractivity contribution in [1.29, 1.82) is 0 Å². The summed E-state index contributed by atoms with van der Waals surface area (Å²) < 4.78 is 13.2. The van der Waals surface area contributed by atoms with Crippen molar-refractivity contribution in [3.63, 3.8) is 0 Å². The summed E-state index contributed by atoms with van der Waals surface area (Å²) in [4.78, 5) is 13.5. The molecule has 1 saturated heterocycles. The summed E-state index contributed by atoms with van der Waals surface area (Å²) in [5.41, 5.74) is 6.30. The quantitative estimate of drug-likeness (QED) is 0.843. The Hall–Kier alpha value is -1.62. The van der Waals surface area contributed by atoms with Gasteiger partial charge in [0.15, 0.2) is 0 Å². The average molecular weight is 251 g/mol. The van der Waals surface area contributed by atoms with E-state index in [1.54, 1.807) is 6.07 Å². The van der Waals surface area contributed by atoms with Crippen LogP contribution in [0.1, 0.15) is 23.7 Å². The molecule has 1 atom stereocenters. The Morgan fingerprint density at radius 2 is 2.39 bits per heavy atom. The largest absolute Gasteiger partial charge is 0.367 e. The van der Waals surface area contributed by atoms with Gasteiger partial charge in [0.25, 0.3) is 5.91 Å². The minimum absolute atomic E-state index is 0.253. The Balaban J connectivity index is 2.37. The maximum Gasteiger partial charge on any atom is 0.250 e. The third kappa shape index (κ3) is 2.46. The second kappa shape index (κ2) is 5.35. The lowest BCUT2D eigenvalue weighted by Crippen LogP contribution is -2.38. The standard InChI is InChI=1S/C13H18FN3O/c1-2-17(10-5-6-16-8-10)12-4-3-9(14)7-11(12)13(15)18/h3-4,7,10,16H,2,5-6,8H2,1H3,(H2,15,18). The van der Waals surface area contributed by atoms with Gasteiger partial charge in [0.2, 0.25) is 0 Å². The summed E-state index contributed by atoms with van der Waals surface area (Å²) in [6.45, 7) is 4.63. The van der Waals surface area contributed by atoms with Gasteiger partial charge in [-0.3, -0.25) is 4.79 Å². The van der Waals surface area contributed by atoms with Crippen LogP contribution in [0.3, 0.4) is 0 Å². The molecule has 1 aromatic rings. The molecule has 0 aromatic heterocycles. The molecule has 18 heavy (non-hydrogen) atoms.